The Morgan fingerprint density at radius 2 is 1.69 bits per heavy atom. The first kappa shape index (κ1) is 22.3. The van der Waals surface area contributed by atoms with E-state index in [1.54, 1.807) is 26.0 Å². The van der Waals surface area contributed by atoms with Crippen molar-refractivity contribution in [2.45, 2.75) is 38.9 Å². The molecular formula is C20H22F3NO5. The lowest BCUT2D eigenvalue weighted by Gasteiger charge is -2.27. The van der Waals surface area contributed by atoms with Gasteiger partial charge in [0.05, 0.1) is 5.56 Å². The number of rotatable bonds is 8. The SMILES string of the molecule is CC(C)CC(C(=O)O)N(CCc1ccc(-c2ccc(C(F)(F)F)cc2)o1)C(=O)O. The molecule has 1 heterocycles. The zero-order chi connectivity index (χ0) is 21.8. The topological polar surface area (TPSA) is 91.0 Å². The fraction of sp³-hybridized carbons (Fsp3) is 0.400. The molecule has 0 spiro atoms. The molecule has 1 amide bonds. The van der Waals surface area contributed by atoms with Gasteiger partial charge in [-0.15, -0.1) is 0 Å². The average molecular weight is 413 g/mol. The lowest BCUT2D eigenvalue weighted by molar-refractivity contribution is -0.143. The second-order valence-electron chi connectivity index (χ2n) is 7.05. The summed E-state index contributed by atoms with van der Waals surface area (Å²) in [5, 5.41) is 18.8. The van der Waals surface area contributed by atoms with Crippen molar-refractivity contribution < 1.29 is 37.4 Å². The lowest BCUT2D eigenvalue weighted by atomic mass is 10.0. The number of hydrogen-bond acceptors (Lipinski definition) is 3. The third-order valence-corrected chi connectivity index (χ3v) is 4.36. The highest BCUT2D eigenvalue weighted by Gasteiger charge is 2.31. The molecule has 158 valence electrons. The molecule has 6 nitrogen and oxygen atoms in total. The lowest BCUT2D eigenvalue weighted by Crippen LogP contribution is -2.46. The first-order valence-electron chi connectivity index (χ1n) is 8.97. The van der Waals surface area contributed by atoms with Gasteiger partial charge in [0.1, 0.15) is 17.6 Å². The summed E-state index contributed by atoms with van der Waals surface area (Å²) in [5.41, 5.74) is -0.322. The van der Waals surface area contributed by atoms with E-state index >= 15 is 0 Å². The van der Waals surface area contributed by atoms with Crippen LogP contribution in [0.3, 0.4) is 0 Å². The van der Waals surface area contributed by atoms with Crippen LogP contribution in [0.15, 0.2) is 40.8 Å². The predicted molar refractivity (Wildman–Crippen MR) is 98.5 cm³/mol. The third-order valence-electron chi connectivity index (χ3n) is 4.36. The summed E-state index contributed by atoms with van der Waals surface area (Å²) in [7, 11) is 0. The second kappa shape index (κ2) is 9.02. The van der Waals surface area contributed by atoms with Crippen LogP contribution in [-0.4, -0.2) is 39.8 Å². The summed E-state index contributed by atoms with van der Waals surface area (Å²) < 4.78 is 43.6. The first-order valence-corrected chi connectivity index (χ1v) is 8.97. The molecule has 9 heteroatoms. The quantitative estimate of drug-likeness (QED) is 0.636. The fourth-order valence-electron chi connectivity index (χ4n) is 2.91. The van der Waals surface area contributed by atoms with Gasteiger partial charge in [-0.25, -0.2) is 9.59 Å². The van der Waals surface area contributed by atoms with Crippen molar-refractivity contribution in [1.29, 1.82) is 0 Å². The van der Waals surface area contributed by atoms with E-state index in [0.717, 1.165) is 17.0 Å². The van der Waals surface area contributed by atoms with Crippen molar-refractivity contribution >= 4 is 12.1 Å². The molecule has 0 aliphatic heterocycles. The van der Waals surface area contributed by atoms with Crippen molar-refractivity contribution in [2.75, 3.05) is 6.54 Å². The van der Waals surface area contributed by atoms with Crippen molar-refractivity contribution in [3.05, 3.63) is 47.7 Å². The molecule has 1 aromatic carbocycles. The van der Waals surface area contributed by atoms with Crippen LogP contribution in [0.4, 0.5) is 18.0 Å². The van der Waals surface area contributed by atoms with Gasteiger partial charge in [0, 0.05) is 18.5 Å². The van der Waals surface area contributed by atoms with Crippen molar-refractivity contribution in [3.8, 4) is 11.3 Å². The van der Waals surface area contributed by atoms with Crippen molar-refractivity contribution in [1.82, 2.24) is 4.90 Å². The van der Waals surface area contributed by atoms with Gasteiger partial charge >= 0.3 is 18.2 Å². The summed E-state index contributed by atoms with van der Waals surface area (Å²) in [6.45, 7) is 3.52. The van der Waals surface area contributed by atoms with E-state index in [1.165, 1.54) is 12.1 Å². The molecule has 1 atom stereocenters. The number of halogens is 3. The van der Waals surface area contributed by atoms with Gasteiger partial charge in [0.15, 0.2) is 0 Å². The maximum absolute atomic E-state index is 12.7. The van der Waals surface area contributed by atoms with Gasteiger partial charge in [0.25, 0.3) is 0 Å². The summed E-state index contributed by atoms with van der Waals surface area (Å²) in [6.07, 6.45) is -5.46. The van der Waals surface area contributed by atoms with Crippen LogP contribution in [-0.2, 0) is 17.4 Å². The number of furan rings is 1. The number of carbonyl (C=O) groups is 2. The van der Waals surface area contributed by atoms with Crippen LogP contribution in [0.5, 0.6) is 0 Å². The third kappa shape index (κ3) is 6.00. The maximum Gasteiger partial charge on any atom is 0.416 e. The van der Waals surface area contributed by atoms with Gasteiger partial charge in [-0.3, -0.25) is 4.90 Å². The van der Waals surface area contributed by atoms with Crippen LogP contribution >= 0.6 is 0 Å². The molecule has 2 N–H and O–H groups in total. The molecule has 0 saturated heterocycles. The Kier molecular flexibility index (Phi) is 6.94. The van der Waals surface area contributed by atoms with Crippen LogP contribution < -0.4 is 0 Å². The molecule has 0 radical (unpaired) electrons. The molecule has 0 fully saturated rings. The fourth-order valence-corrected chi connectivity index (χ4v) is 2.91. The monoisotopic (exact) mass is 413 g/mol. The Balaban J connectivity index is 2.10. The largest absolute Gasteiger partial charge is 0.480 e. The number of amides is 1. The normalized spacial score (nSPS) is 12.8. The molecule has 2 rings (SSSR count). The number of hydrogen-bond donors (Lipinski definition) is 2. The van der Waals surface area contributed by atoms with E-state index < -0.39 is 29.8 Å². The number of benzene rings is 1. The van der Waals surface area contributed by atoms with E-state index in [0.29, 0.717) is 17.1 Å². The number of carboxylic acid groups (broad SMARTS) is 2. The minimum absolute atomic E-state index is 0.00663. The van der Waals surface area contributed by atoms with E-state index in [-0.39, 0.29) is 25.3 Å². The number of carboxylic acids is 1. The molecule has 0 bridgehead atoms. The highest BCUT2D eigenvalue weighted by molar-refractivity contribution is 5.79. The van der Waals surface area contributed by atoms with E-state index in [1.807, 2.05) is 0 Å². The standard InChI is InChI=1S/C20H22F3NO5/c1-12(2)11-16(18(25)26)24(19(27)28)10-9-15-7-8-17(29-15)13-3-5-14(6-4-13)20(21,22)23/h3-8,12,16H,9-11H2,1-2H3,(H,25,26)(H,27,28). The van der Waals surface area contributed by atoms with Crippen molar-refractivity contribution in [3.63, 3.8) is 0 Å². The highest BCUT2D eigenvalue weighted by Crippen LogP contribution is 2.31. The Hall–Kier alpha value is -2.97. The molecule has 1 unspecified atom stereocenters. The molecule has 2 aromatic rings. The van der Waals surface area contributed by atoms with E-state index in [4.69, 9.17) is 4.42 Å². The Bertz CT molecular complexity index is 843. The summed E-state index contributed by atoms with van der Waals surface area (Å²) in [5.74, 6) is -0.480. The minimum Gasteiger partial charge on any atom is -0.480 e. The molecule has 0 aliphatic carbocycles. The van der Waals surface area contributed by atoms with Gasteiger partial charge in [-0.05, 0) is 36.6 Å². The molecule has 1 aromatic heterocycles. The molecule has 0 aliphatic rings. The smallest absolute Gasteiger partial charge is 0.416 e. The Labute approximate surface area is 165 Å². The van der Waals surface area contributed by atoms with E-state index in [9.17, 15) is 33.0 Å². The average Bonchev–Trinajstić information content (AvgIpc) is 3.08. The van der Waals surface area contributed by atoms with Crippen LogP contribution in [0.25, 0.3) is 11.3 Å². The van der Waals surface area contributed by atoms with E-state index in [2.05, 4.69) is 0 Å². The van der Waals surface area contributed by atoms with Crippen LogP contribution in [0.1, 0.15) is 31.6 Å². The molecule has 0 saturated carbocycles. The minimum atomic E-state index is -4.43. The number of alkyl halides is 3. The zero-order valence-electron chi connectivity index (χ0n) is 15.9. The zero-order valence-corrected chi connectivity index (χ0v) is 15.9. The summed E-state index contributed by atoms with van der Waals surface area (Å²) in [4.78, 5) is 23.9. The Morgan fingerprint density at radius 3 is 2.17 bits per heavy atom. The van der Waals surface area contributed by atoms with Gasteiger partial charge in [0.2, 0.25) is 0 Å². The summed E-state index contributed by atoms with van der Waals surface area (Å²) in [6, 6.07) is 6.48. The predicted octanol–water partition coefficient (Wildman–Crippen LogP) is 4.99. The first-order chi connectivity index (χ1) is 13.5. The van der Waals surface area contributed by atoms with Gasteiger partial charge < -0.3 is 14.6 Å². The Morgan fingerprint density at radius 1 is 1.07 bits per heavy atom. The number of nitrogens with zero attached hydrogens (tertiary/aromatic N) is 1. The highest BCUT2D eigenvalue weighted by atomic mass is 19.4. The maximum atomic E-state index is 12.7. The van der Waals surface area contributed by atoms with Gasteiger partial charge in [-0.2, -0.15) is 13.2 Å². The van der Waals surface area contributed by atoms with Crippen LogP contribution in [0.2, 0.25) is 0 Å². The van der Waals surface area contributed by atoms with Gasteiger partial charge in [-0.1, -0.05) is 26.0 Å². The molecular weight excluding hydrogens is 391 g/mol. The number of aliphatic carboxylic acids is 1. The summed E-state index contributed by atoms with van der Waals surface area (Å²) >= 11 is 0. The molecule has 29 heavy (non-hydrogen) atoms. The second-order valence-corrected chi connectivity index (χ2v) is 7.05. The van der Waals surface area contributed by atoms with Crippen LogP contribution in [0, 0.1) is 5.92 Å². The van der Waals surface area contributed by atoms with Crippen molar-refractivity contribution in [2.24, 2.45) is 5.92 Å².